The zero-order chi connectivity index (χ0) is 6.97. The summed E-state index contributed by atoms with van der Waals surface area (Å²) in [5.74, 6) is 0.216. The fourth-order valence-electron chi connectivity index (χ4n) is 1.79. The van der Waals surface area contributed by atoms with Gasteiger partial charge in [-0.1, -0.05) is 6.08 Å². The number of carbonyl (C=O) groups excluding carboxylic acids is 1. The van der Waals surface area contributed by atoms with E-state index in [1.807, 2.05) is 11.0 Å². The lowest BCUT2D eigenvalue weighted by atomic mass is 10.1. The Hall–Kier alpha value is -0.790. The van der Waals surface area contributed by atoms with E-state index in [9.17, 15) is 4.79 Å². The largest absolute Gasteiger partial charge is 0.336 e. The van der Waals surface area contributed by atoms with Crippen LogP contribution in [0.4, 0.5) is 0 Å². The molecule has 0 aliphatic carbocycles. The molecule has 1 fully saturated rings. The Balaban J connectivity index is 2.20. The van der Waals surface area contributed by atoms with E-state index in [0.717, 1.165) is 13.0 Å². The van der Waals surface area contributed by atoms with Gasteiger partial charge in [0, 0.05) is 12.6 Å². The van der Waals surface area contributed by atoms with E-state index in [0.29, 0.717) is 6.04 Å². The van der Waals surface area contributed by atoms with Gasteiger partial charge in [0.25, 0.3) is 0 Å². The quantitative estimate of drug-likeness (QED) is 0.486. The van der Waals surface area contributed by atoms with Gasteiger partial charge in [0.2, 0.25) is 5.91 Å². The molecule has 0 saturated carbocycles. The molecule has 1 atom stereocenters. The van der Waals surface area contributed by atoms with Gasteiger partial charge in [-0.3, -0.25) is 4.79 Å². The molecule has 0 bridgehead atoms. The minimum Gasteiger partial charge on any atom is -0.336 e. The average Bonchev–Trinajstić information content (AvgIpc) is 2.36. The maximum absolute atomic E-state index is 11.1. The summed E-state index contributed by atoms with van der Waals surface area (Å²) in [6, 6.07) is 0.539. The van der Waals surface area contributed by atoms with Crippen LogP contribution in [0.5, 0.6) is 0 Å². The molecule has 2 nitrogen and oxygen atoms in total. The zero-order valence-electron chi connectivity index (χ0n) is 5.92. The van der Waals surface area contributed by atoms with Crippen molar-refractivity contribution in [1.29, 1.82) is 0 Å². The van der Waals surface area contributed by atoms with Crippen LogP contribution in [-0.4, -0.2) is 23.4 Å². The van der Waals surface area contributed by atoms with E-state index >= 15 is 0 Å². The predicted molar refractivity (Wildman–Crippen MR) is 38.5 cm³/mol. The summed E-state index contributed by atoms with van der Waals surface area (Å²) in [5, 5.41) is 0. The molecule has 2 aliphatic rings. The first-order chi connectivity index (χ1) is 4.88. The Morgan fingerprint density at radius 2 is 2.50 bits per heavy atom. The van der Waals surface area contributed by atoms with Crippen molar-refractivity contribution in [2.24, 2.45) is 0 Å². The van der Waals surface area contributed by atoms with E-state index in [1.165, 1.54) is 12.8 Å². The highest BCUT2D eigenvalue weighted by Gasteiger charge is 2.28. The second-order valence-electron chi connectivity index (χ2n) is 2.97. The van der Waals surface area contributed by atoms with Crippen molar-refractivity contribution in [3.05, 3.63) is 12.2 Å². The number of carbonyl (C=O) groups is 1. The maximum Gasteiger partial charge on any atom is 0.246 e. The van der Waals surface area contributed by atoms with Crippen molar-refractivity contribution in [3.63, 3.8) is 0 Å². The Morgan fingerprint density at radius 3 is 3.30 bits per heavy atom. The van der Waals surface area contributed by atoms with E-state index in [-0.39, 0.29) is 5.91 Å². The van der Waals surface area contributed by atoms with Gasteiger partial charge >= 0.3 is 0 Å². The lowest BCUT2D eigenvalue weighted by Crippen LogP contribution is -2.36. The molecule has 2 heterocycles. The lowest BCUT2D eigenvalue weighted by Gasteiger charge is -2.25. The minimum atomic E-state index is 0.216. The normalized spacial score (nSPS) is 31.0. The van der Waals surface area contributed by atoms with Gasteiger partial charge < -0.3 is 4.90 Å². The van der Waals surface area contributed by atoms with Crippen LogP contribution >= 0.6 is 0 Å². The van der Waals surface area contributed by atoms with Crippen molar-refractivity contribution >= 4 is 5.91 Å². The van der Waals surface area contributed by atoms with Crippen molar-refractivity contribution in [3.8, 4) is 0 Å². The average molecular weight is 137 g/mol. The molecule has 1 amide bonds. The topological polar surface area (TPSA) is 20.3 Å². The third-order valence-electron chi connectivity index (χ3n) is 2.33. The van der Waals surface area contributed by atoms with Gasteiger partial charge in [-0.2, -0.15) is 0 Å². The fourth-order valence-corrected chi connectivity index (χ4v) is 1.79. The molecular weight excluding hydrogens is 126 g/mol. The van der Waals surface area contributed by atoms with Crippen molar-refractivity contribution in [2.75, 3.05) is 6.54 Å². The standard InChI is InChI=1S/C8H11NO/c10-8-5-1-3-7-4-2-6-9(7)8/h1,5,7H,2-4,6H2. The van der Waals surface area contributed by atoms with Crippen molar-refractivity contribution in [1.82, 2.24) is 4.90 Å². The number of rotatable bonds is 0. The summed E-state index contributed by atoms with van der Waals surface area (Å²) < 4.78 is 0. The van der Waals surface area contributed by atoms with Gasteiger partial charge in [-0.25, -0.2) is 0 Å². The second kappa shape index (κ2) is 2.11. The first-order valence-electron chi connectivity index (χ1n) is 3.85. The first kappa shape index (κ1) is 5.96. The Kier molecular flexibility index (Phi) is 1.26. The Bertz CT molecular complexity index is 186. The van der Waals surface area contributed by atoms with E-state index in [1.54, 1.807) is 6.08 Å². The van der Waals surface area contributed by atoms with Crippen LogP contribution in [-0.2, 0) is 4.79 Å². The smallest absolute Gasteiger partial charge is 0.246 e. The first-order valence-corrected chi connectivity index (χ1v) is 3.85. The van der Waals surface area contributed by atoms with Crippen LogP contribution in [0.2, 0.25) is 0 Å². The van der Waals surface area contributed by atoms with Crippen LogP contribution < -0.4 is 0 Å². The second-order valence-corrected chi connectivity index (χ2v) is 2.97. The van der Waals surface area contributed by atoms with Crippen LogP contribution in [0.15, 0.2) is 12.2 Å². The summed E-state index contributed by atoms with van der Waals surface area (Å²) in [7, 11) is 0. The molecule has 1 saturated heterocycles. The third kappa shape index (κ3) is 0.753. The van der Waals surface area contributed by atoms with Gasteiger partial charge in [0.15, 0.2) is 0 Å². The SMILES string of the molecule is O=C1C=CCC2CCCN12. The molecule has 2 aliphatic heterocycles. The fraction of sp³-hybridized carbons (Fsp3) is 0.625. The number of fused-ring (bicyclic) bond motifs is 1. The third-order valence-corrected chi connectivity index (χ3v) is 2.33. The molecule has 1 unspecified atom stereocenters. The highest BCUT2D eigenvalue weighted by atomic mass is 16.2. The summed E-state index contributed by atoms with van der Waals surface area (Å²) in [4.78, 5) is 13.1. The number of hydrogen-bond acceptors (Lipinski definition) is 1. The zero-order valence-corrected chi connectivity index (χ0v) is 5.92. The number of nitrogens with zero attached hydrogens (tertiary/aromatic N) is 1. The molecule has 0 spiro atoms. The molecule has 0 N–H and O–H groups in total. The molecular formula is C8H11NO. The Morgan fingerprint density at radius 1 is 1.60 bits per heavy atom. The molecule has 2 heteroatoms. The molecule has 10 heavy (non-hydrogen) atoms. The minimum absolute atomic E-state index is 0.216. The van der Waals surface area contributed by atoms with Crippen LogP contribution in [0.3, 0.4) is 0 Å². The van der Waals surface area contributed by atoms with Gasteiger partial charge in [-0.15, -0.1) is 0 Å². The van der Waals surface area contributed by atoms with Crippen LogP contribution in [0.1, 0.15) is 19.3 Å². The van der Waals surface area contributed by atoms with Crippen molar-refractivity contribution < 1.29 is 4.79 Å². The maximum atomic E-state index is 11.1. The summed E-state index contributed by atoms with van der Waals surface area (Å²) in [5.41, 5.74) is 0. The highest BCUT2D eigenvalue weighted by molar-refractivity contribution is 5.88. The van der Waals surface area contributed by atoms with Crippen molar-refractivity contribution in [2.45, 2.75) is 25.3 Å². The summed E-state index contributed by atoms with van der Waals surface area (Å²) in [6.45, 7) is 0.980. The molecule has 0 aromatic rings. The highest BCUT2D eigenvalue weighted by Crippen LogP contribution is 2.23. The van der Waals surface area contributed by atoms with Gasteiger partial charge in [0.05, 0.1) is 0 Å². The monoisotopic (exact) mass is 137 g/mol. The molecule has 0 aromatic heterocycles. The van der Waals surface area contributed by atoms with Crippen LogP contribution in [0.25, 0.3) is 0 Å². The lowest BCUT2D eigenvalue weighted by molar-refractivity contribution is -0.127. The molecule has 0 radical (unpaired) electrons. The number of amides is 1. The van der Waals surface area contributed by atoms with Gasteiger partial charge in [0.1, 0.15) is 0 Å². The molecule has 54 valence electrons. The molecule has 2 rings (SSSR count). The number of hydrogen-bond donors (Lipinski definition) is 0. The summed E-state index contributed by atoms with van der Waals surface area (Å²) in [6.07, 6.45) is 7.16. The van der Waals surface area contributed by atoms with E-state index in [4.69, 9.17) is 0 Å². The van der Waals surface area contributed by atoms with E-state index < -0.39 is 0 Å². The summed E-state index contributed by atoms with van der Waals surface area (Å²) >= 11 is 0. The van der Waals surface area contributed by atoms with Crippen LogP contribution in [0, 0.1) is 0 Å². The Labute approximate surface area is 60.5 Å². The van der Waals surface area contributed by atoms with Gasteiger partial charge in [-0.05, 0) is 25.3 Å². The molecule has 0 aromatic carbocycles. The van der Waals surface area contributed by atoms with E-state index in [2.05, 4.69) is 0 Å². The predicted octanol–water partition coefficient (Wildman–Crippen LogP) is 0.937.